The first kappa shape index (κ1) is 17.1. The van der Waals surface area contributed by atoms with Crippen LogP contribution in [0.2, 0.25) is 0 Å². The van der Waals surface area contributed by atoms with Crippen molar-refractivity contribution in [2.24, 2.45) is 17.8 Å². The Kier molecular flexibility index (Phi) is 3.65. The normalized spacial score (nSPS) is 33.3. The highest BCUT2D eigenvalue weighted by atomic mass is 19.3. The summed E-state index contributed by atoms with van der Waals surface area (Å²) in [6, 6.07) is 0.278. The van der Waals surface area contributed by atoms with Crippen LogP contribution in [0.5, 0.6) is 0 Å². The Morgan fingerprint density at radius 2 is 2.04 bits per heavy atom. The zero-order valence-corrected chi connectivity index (χ0v) is 15.4. The van der Waals surface area contributed by atoms with Gasteiger partial charge in [0.05, 0.1) is 0 Å². The number of fused-ring (bicyclic) bond motifs is 3. The Balaban J connectivity index is 1.47. The minimum atomic E-state index is -2.89. The van der Waals surface area contributed by atoms with E-state index in [1.54, 1.807) is 0 Å². The smallest absolute Gasteiger partial charge is 0.303 e. The van der Waals surface area contributed by atoms with Gasteiger partial charge in [-0.25, -0.2) is 4.98 Å². The summed E-state index contributed by atoms with van der Waals surface area (Å²) < 4.78 is 28.9. The van der Waals surface area contributed by atoms with Gasteiger partial charge >= 0.3 is 5.97 Å². The van der Waals surface area contributed by atoms with Crippen molar-refractivity contribution >= 4 is 17.7 Å². The molecule has 3 saturated heterocycles. The molecular formula is C19H24F2N4O2. The summed E-state index contributed by atoms with van der Waals surface area (Å²) in [7, 11) is 0. The highest BCUT2D eigenvalue weighted by molar-refractivity contribution is 5.67. The predicted octanol–water partition coefficient (Wildman–Crippen LogP) is 2.66. The Labute approximate surface area is 156 Å². The Morgan fingerprint density at radius 1 is 1.30 bits per heavy atom. The van der Waals surface area contributed by atoms with E-state index < -0.39 is 11.9 Å². The molecule has 1 saturated carbocycles. The molecule has 5 aliphatic rings. The third kappa shape index (κ3) is 2.59. The quantitative estimate of drug-likeness (QED) is 0.869. The third-order valence-corrected chi connectivity index (χ3v) is 7.02. The van der Waals surface area contributed by atoms with E-state index in [2.05, 4.69) is 16.8 Å². The molecule has 3 atom stereocenters. The lowest BCUT2D eigenvalue weighted by Crippen LogP contribution is -2.56. The average Bonchev–Trinajstić information content (AvgIpc) is 2.93. The van der Waals surface area contributed by atoms with Gasteiger partial charge in [-0.15, -0.1) is 0 Å². The van der Waals surface area contributed by atoms with Gasteiger partial charge in [-0.2, -0.15) is 13.8 Å². The monoisotopic (exact) mass is 378 g/mol. The van der Waals surface area contributed by atoms with Crippen LogP contribution in [0.15, 0.2) is 0 Å². The topological polar surface area (TPSA) is 69.6 Å². The maximum atomic E-state index is 14.4. The minimum Gasteiger partial charge on any atom is -0.481 e. The number of aromatic nitrogens is 2. The van der Waals surface area contributed by atoms with E-state index in [0.29, 0.717) is 48.7 Å². The second-order valence-electron chi connectivity index (χ2n) is 8.63. The van der Waals surface area contributed by atoms with E-state index in [-0.39, 0.29) is 30.5 Å². The fourth-order valence-electron chi connectivity index (χ4n) is 5.29. The Bertz CT molecular complexity index is 790. The number of carboxylic acids is 1. The van der Waals surface area contributed by atoms with Gasteiger partial charge in [0.25, 0.3) is 5.92 Å². The lowest BCUT2D eigenvalue weighted by Gasteiger charge is -2.54. The van der Waals surface area contributed by atoms with Crippen molar-refractivity contribution in [3.05, 3.63) is 11.3 Å². The number of carbonyl (C=O) groups is 1. The molecule has 8 heteroatoms. The van der Waals surface area contributed by atoms with Crippen LogP contribution < -0.4 is 9.80 Å². The van der Waals surface area contributed by atoms with Gasteiger partial charge in [-0.3, -0.25) is 4.79 Å². The SMILES string of the molecule is CC1CCN1c1nc(N2CC3CC(C2)C3CC(=O)O)c2c(n1)C(F)(F)CC2. The number of nitrogens with zero attached hydrogens (tertiary/aromatic N) is 4. The number of hydrogen-bond donors (Lipinski definition) is 1. The van der Waals surface area contributed by atoms with Crippen LogP contribution in [0, 0.1) is 17.8 Å². The number of hydrogen-bond acceptors (Lipinski definition) is 5. The minimum absolute atomic E-state index is 0.0945. The lowest BCUT2D eigenvalue weighted by molar-refractivity contribution is -0.141. The fourth-order valence-corrected chi connectivity index (χ4v) is 5.29. The second kappa shape index (κ2) is 5.75. The molecule has 4 heterocycles. The van der Waals surface area contributed by atoms with Crippen molar-refractivity contribution in [3.8, 4) is 0 Å². The molecule has 4 fully saturated rings. The van der Waals surface area contributed by atoms with Crippen LogP contribution in [0.3, 0.4) is 0 Å². The highest BCUT2D eigenvalue weighted by Crippen LogP contribution is 2.50. The third-order valence-electron chi connectivity index (χ3n) is 7.02. The molecule has 3 aliphatic heterocycles. The Hall–Kier alpha value is -1.99. The molecule has 1 aromatic heterocycles. The van der Waals surface area contributed by atoms with Crippen molar-refractivity contribution in [2.45, 2.75) is 51.0 Å². The van der Waals surface area contributed by atoms with Crippen molar-refractivity contribution in [2.75, 3.05) is 29.4 Å². The molecule has 6 nitrogen and oxygen atoms in total. The van der Waals surface area contributed by atoms with E-state index in [9.17, 15) is 13.6 Å². The summed E-state index contributed by atoms with van der Waals surface area (Å²) in [6.45, 7) is 4.28. The Morgan fingerprint density at radius 3 is 2.63 bits per heavy atom. The van der Waals surface area contributed by atoms with Crippen LogP contribution in [0.1, 0.15) is 43.9 Å². The molecule has 3 unspecified atom stereocenters. The van der Waals surface area contributed by atoms with Gasteiger partial charge in [0.15, 0.2) is 0 Å². The largest absolute Gasteiger partial charge is 0.481 e. The second-order valence-corrected chi connectivity index (χ2v) is 8.63. The van der Waals surface area contributed by atoms with Crippen molar-refractivity contribution in [1.82, 2.24) is 9.97 Å². The summed E-state index contributed by atoms with van der Waals surface area (Å²) in [5, 5.41) is 9.10. The maximum absolute atomic E-state index is 14.4. The van der Waals surface area contributed by atoms with E-state index in [0.717, 1.165) is 19.4 Å². The first-order valence-electron chi connectivity index (χ1n) is 9.86. The van der Waals surface area contributed by atoms with Crippen LogP contribution >= 0.6 is 0 Å². The summed E-state index contributed by atoms with van der Waals surface area (Å²) in [5.74, 6) is -1.71. The summed E-state index contributed by atoms with van der Waals surface area (Å²) >= 11 is 0. The zero-order valence-electron chi connectivity index (χ0n) is 15.4. The van der Waals surface area contributed by atoms with E-state index >= 15 is 0 Å². The number of aliphatic carboxylic acids is 1. The molecular weight excluding hydrogens is 354 g/mol. The fraction of sp³-hybridized carbons (Fsp3) is 0.737. The van der Waals surface area contributed by atoms with Gasteiger partial charge < -0.3 is 14.9 Å². The number of alkyl halides is 2. The maximum Gasteiger partial charge on any atom is 0.303 e. The van der Waals surface area contributed by atoms with Crippen LogP contribution in [-0.4, -0.2) is 46.7 Å². The molecule has 0 spiro atoms. The van der Waals surface area contributed by atoms with E-state index in [4.69, 9.17) is 10.1 Å². The molecule has 0 aromatic carbocycles. The molecule has 146 valence electrons. The van der Waals surface area contributed by atoms with Crippen LogP contribution in [0.25, 0.3) is 0 Å². The average molecular weight is 378 g/mol. The highest BCUT2D eigenvalue weighted by Gasteiger charge is 2.50. The molecule has 0 radical (unpaired) electrons. The molecule has 2 bridgehead atoms. The van der Waals surface area contributed by atoms with Crippen LogP contribution in [0.4, 0.5) is 20.5 Å². The number of halogens is 2. The van der Waals surface area contributed by atoms with Gasteiger partial charge in [-0.05, 0) is 43.9 Å². The number of piperidine rings is 2. The molecule has 0 amide bonds. The standard InChI is InChI=1S/C19H24F2N4O2/c1-10-3-5-25(10)18-22-16-13(2-4-19(16,20)21)17(23-18)24-8-11-6-12(9-24)14(11)7-15(26)27/h10-12,14H,2-9H2,1H3,(H,26,27). The predicted molar refractivity (Wildman–Crippen MR) is 95.2 cm³/mol. The molecule has 6 rings (SSSR count). The van der Waals surface area contributed by atoms with Crippen molar-refractivity contribution in [1.29, 1.82) is 0 Å². The lowest BCUT2D eigenvalue weighted by atomic mass is 9.60. The van der Waals surface area contributed by atoms with Gasteiger partial charge in [-0.1, -0.05) is 0 Å². The first-order chi connectivity index (χ1) is 12.8. The molecule has 27 heavy (non-hydrogen) atoms. The van der Waals surface area contributed by atoms with Gasteiger partial charge in [0, 0.05) is 44.1 Å². The number of carboxylic acid groups (broad SMARTS) is 1. The first-order valence-corrected chi connectivity index (χ1v) is 9.86. The molecule has 1 N–H and O–H groups in total. The summed E-state index contributed by atoms with van der Waals surface area (Å²) in [5.41, 5.74) is 0.496. The van der Waals surface area contributed by atoms with Crippen molar-refractivity contribution in [3.63, 3.8) is 0 Å². The summed E-state index contributed by atoms with van der Waals surface area (Å²) in [4.78, 5) is 24.2. The zero-order chi connectivity index (χ0) is 18.9. The van der Waals surface area contributed by atoms with Gasteiger partial charge in [0.1, 0.15) is 11.5 Å². The van der Waals surface area contributed by atoms with Crippen molar-refractivity contribution < 1.29 is 18.7 Å². The number of anilines is 2. The van der Waals surface area contributed by atoms with E-state index in [1.807, 2.05) is 4.90 Å². The van der Waals surface area contributed by atoms with Crippen LogP contribution in [-0.2, 0) is 17.1 Å². The van der Waals surface area contributed by atoms with Gasteiger partial charge in [0.2, 0.25) is 5.95 Å². The summed E-state index contributed by atoms with van der Waals surface area (Å²) in [6.07, 6.45) is 2.37. The molecule has 1 aromatic rings. The number of rotatable bonds is 4. The van der Waals surface area contributed by atoms with E-state index in [1.165, 1.54) is 0 Å². The molecule has 2 aliphatic carbocycles.